The second kappa shape index (κ2) is 4.11. The van der Waals surface area contributed by atoms with Crippen molar-refractivity contribution in [3.05, 3.63) is 34.6 Å². The van der Waals surface area contributed by atoms with Crippen LogP contribution in [0.3, 0.4) is 0 Å². The van der Waals surface area contributed by atoms with Crippen LogP contribution in [0.2, 0.25) is 0 Å². The standard InChI is InChI=1S/C6H3BrF.Li.H/c7-5-2-1-3-6(8)4-5;;/h1-3H;;. The van der Waals surface area contributed by atoms with Gasteiger partial charge in [-0.1, -0.05) is 22.0 Å². The Hall–Kier alpha value is 0.227. The molecule has 0 bridgehead atoms. The SMILES string of the molecule is Fc1[c]c(Br)ccc1.[LiH]. The van der Waals surface area contributed by atoms with E-state index in [0.717, 1.165) is 0 Å². The molecule has 0 N–H and O–H groups in total. The first-order valence-corrected chi connectivity index (χ1v) is 2.91. The quantitative estimate of drug-likeness (QED) is 0.536. The summed E-state index contributed by atoms with van der Waals surface area (Å²) >= 11 is 3.07. The number of benzene rings is 1. The Morgan fingerprint density at radius 2 is 2.11 bits per heavy atom. The summed E-state index contributed by atoms with van der Waals surface area (Å²) in [4.78, 5) is 0. The molecule has 3 heteroatoms. The first-order valence-electron chi connectivity index (χ1n) is 2.12. The summed E-state index contributed by atoms with van der Waals surface area (Å²) in [6.45, 7) is 0. The van der Waals surface area contributed by atoms with Gasteiger partial charge in [0.05, 0.1) is 0 Å². The Labute approximate surface area is 73.8 Å². The predicted octanol–water partition coefficient (Wildman–Crippen LogP) is 1.74. The number of hydrogen-bond acceptors (Lipinski definition) is 0. The Morgan fingerprint density at radius 1 is 1.44 bits per heavy atom. The minimum atomic E-state index is -0.334. The molecule has 0 aliphatic heterocycles. The van der Waals surface area contributed by atoms with Crippen molar-refractivity contribution in [1.82, 2.24) is 0 Å². The average Bonchev–Trinajstić information content (AvgIpc) is 1.64. The van der Waals surface area contributed by atoms with E-state index in [4.69, 9.17) is 0 Å². The molecule has 0 saturated heterocycles. The molecule has 1 aromatic carbocycles. The molecule has 0 aliphatic rings. The van der Waals surface area contributed by atoms with E-state index in [9.17, 15) is 4.39 Å². The van der Waals surface area contributed by atoms with Gasteiger partial charge in [-0.15, -0.1) is 0 Å². The van der Waals surface area contributed by atoms with Gasteiger partial charge in [0.2, 0.25) is 0 Å². The van der Waals surface area contributed by atoms with Crippen molar-refractivity contribution in [3.8, 4) is 0 Å². The molecule has 0 atom stereocenters. The van der Waals surface area contributed by atoms with E-state index in [1.807, 2.05) is 0 Å². The maximum absolute atomic E-state index is 12.1. The van der Waals surface area contributed by atoms with E-state index < -0.39 is 0 Å². The van der Waals surface area contributed by atoms with Crippen LogP contribution in [0.25, 0.3) is 0 Å². The van der Waals surface area contributed by atoms with Crippen LogP contribution in [0.1, 0.15) is 0 Å². The molecule has 0 aliphatic carbocycles. The predicted molar refractivity (Wildman–Crippen MR) is 40.1 cm³/mol. The van der Waals surface area contributed by atoms with E-state index in [0.29, 0.717) is 4.47 Å². The molecule has 0 aromatic heterocycles. The zero-order chi connectivity index (χ0) is 5.98. The first-order chi connectivity index (χ1) is 3.79. The zero-order valence-corrected chi connectivity index (χ0v) is 5.57. The third kappa shape index (κ3) is 3.05. The van der Waals surface area contributed by atoms with Crippen LogP contribution in [0.15, 0.2) is 22.7 Å². The Bertz CT molecular complexity index is 173. The van der Waals surface area contributed by atoms with Gasteiger partial charge in [-0.2, -0.15) is 0 Å². The fourth-order valence-corrected chi connectivity index (χ4v) is 0.756. The van der Waals surface area contributed by atoms with Crippen molar-refractivity contribution < 1.29 is 4.39 Å². The van der Waals surface area contributed by atoms with Crippen LogP contribution in [-0.4, -0.2) is 18.9 Å². The molecule has 1 radical (unpaired) electrons. The second-order valence-corrected chi connectivity index (χ2v) is 2.20. The summed E-state index contributed by atoms with van der Waals surface area (Å²) < 4.78 is 12.7. The van der Waals surface area contributed by atoms with Gasteiger partial charge in [-0.05, 0) is 12.1 Å². The van der Waals surface area contributed by atoms with Gasteiger partial charge >= 0.3 is 18.9 Å². The van der Waals surface area contributed by atoms with Crippen LogP contribution in [0.5, 0.6) is 0 Å². The van der Waals surface area contributed by atoms with Crippen molar-refractivity contribution in [1.29, 1.82) is 0 Å². The molecule has 0 spiro atoms. The van der Waals surface area contributed by atoms with Gasteiger partial charge in [0.15, 0.2) is 0 Å². The first kappa shape index (κ1) is 9.23. The summed E-state index contributed by atoms with van der Waals surface area (Å²) in [5.41, 5.74) is 0. The molecule has 43 valence electrons. The summed E-state index contributed by atoms with van der Waals surface area (Å²) in [6.07, 6.45) is 0. The fraction of sp³-hybridized carbons (Fsp3) is 0. The summed E-state index contributed by atoms with van der Waals surface area (Å²) in [7, 11) is 0. The van der Waals surface area contributed by atoms with Gasteiger partial charge in [0.25, 0.3) is 0 Å². The topological polar surface area (TPSA) is 0 Å². The van der Waals surface area contributed by atoms with Gasteiger partial charge < -0.3 is 0 Å². The summed E-state index contributed by atoms with van der Waals surface area (Å²) in [5.74, 6) is -0.334. The molecule has 0 nitrogen and oxygen atoms in total. The molecule has 0 heterocycles. The number of hydrogen-bond donors (Lipinski definition) is 0. The molecule has 0 amide bonds. The molecule has 0 saturated carbocycles. The van der Waals surface area contributed by atoms with E-state index in [2.05, 4.69) is 22.0 Å². The van der Waals surface area contributed by atoms with E-state index >= 15 is 0 Å². The molecule has 1 aromatic rings. The van der Waals surface area contributed by atoms with Crippen molar-refractivity contribution in [3.63, 3.8) is 0 Å². The molecular formula is C6H4BrFLi. The average molecular weight is 182 g/mol. The van der Waals surface area contributed by atoms with Crippen molar-refractivity contribution in [2.24, 2.45) is 0 Å². The molecule has 9 heavy (non-hydrogen) atoms. The number of rotatable bonds is 0. The Morgan fingerprint density at radius 3 is 2.44 bits per heavy atom. The van der Waals surface area contributed by atoms with Crippen molar-refractivity contribution >= 4 is 34.8 Å². The van der Waals surface area contributed by atoms with Crippen LogP contribution in [-0.2, 0) is 0 Å². The zero-order valence-electron chi connectivity index (χ0n) is 3.99. The summed E-state index contributed by atoms with van der Waals surface area (Å²) in [6, 6.07) is 7.12. The number of halogens is 2. The Kier molecular flexibility index (Phi) is 4.21. The van der Waals surface area contributed by atoms with Crippen LogP contribution in [0, 0.1) is 11.9 Å². The van der Waals surface area contributed by atoms with Crippen molar-refractivity contribution in [2.75, 3.05) is 0 Å². The molecule has 0 unspecified atom stereocenters. The van der Waals surface area contributed by atoms with Gasteiger partial charge in [0.1, 0.15) is 5.82 Å². The van der Waals surface area contributed by atoms with Crippen LogP contribution < -0.4 is 0 Å². The third-order valence-electron chi connectivity index (χ3n) is 0.724. The molecule has 0 fully saturated rings. The van der Waals surface area contributed by atoms with E-state index in [1.54, 1.807) is 12.1 Å². The van der Waals surface area contributed by atoms with Crippen molar-refractivity contribution in [2.45, 2.75) is 0 Å². The minimum absolute atomic E-state index is 0. The fourth-order valence-electron chi connectivity index (χ4n) is 0.414. The van der Waals surface area contributed by atoms with E-state index in [1.165, 1.54) is 6.07 Å². The van der Waals surface area contributed by atoms with Gasteiger partial charge in [-0.25, -0.2) is 4.39 Å². The maximum atomic E-state index is 12.1. The van der Waals surface area contributed by atoms with Gasteiger partial charge in [0, 0.05) is 10.5 Å². The van der Waals surface area contributed by atoms with Crippen LogP contribution >= 0.6 is 15.9 Å². The third-order valence-corrected chi connectivity index (χ3v) is 1.19. The Balaban J connectivity index is 0.000000640. The van der Waals surface area contributed by atoms with E-state index in [-0.39, 0.29) is 24.7 Å². The van der Waals surface area contributed by atoms with Crippen LogP contribution in [0.4, 0.5) is 4.39 Å². The molecule has 1 rings (SSSR count). The molecular weight excluding hydrogens is 178 g/mol. The van der Waals surface area contributed by atoms with Gasteiger partial charge in [-0.3, -0.25) is 0 Å². The normalized spacial score (nSPS) is 8.22. The summed E-state index contributed by atoms with van der Waals surface area (Å²) in [5, 5.41) is 0. The second-order valence-electron chi connectivity index (χ2n) is 1.35. The monoisotopic (exact) mass is 181 g/mol.